The van der Waals surface area contributed by atoms with Gasteiger partial charge in [-0.3, -0.25) is 0 Å². The average molecular weight is 804 g/mol. The third-order valence-corrected chi connectivity index (χ3v) is 19.0. The Morgan fingerprint density at radius 2 is 0.698 bits per heavy atom. The molecule has 0 radical (unpaired) electrons. The summed E-state index contributed by atoms with van der Waals surface area (Å²) in [5.41, 5.74) is 15.7. The van der Waals surface area contributed by atoms with Gasteiger partial charge in [0.2, 0.25) is 0 Å². The van der Waals surface area contributed by atoms with Gasteiger partial charge in [0, 0.05) is 0 Å². The third kappa shape index (κ3) is 7.38. The van der Waals surface area contributed by atoms with Gasteiger partial charge in [0.15, 0.2) is 0 Å². The van der Waals surface area contributed by atoms with Crippen LogP contribution in [0.1, 0.15) is 44.4 Å². The zero-order chi connectivity index (χ0) is 35.2. The van der Waals surface area contributed by atoms with E-state index in [9.17, 15) is 0 Å². The summed E-state index contributed by atoms with van der Waals surface area (Å²) >= 11 is 2.41. The molecule has 0 saturated heterocycles. The Bertz CT molecular complexity index is 2050. The second-order valence-corrected chi connectivity index (χ2v) is 19.5. The largest absolute Gasteiger partial charge is 1.00 e. The van der Waals surface area contributed by atoms with Crippen molar-refractivity contribution >= 4 is 23.6 Å². The number of rotatable bonds is 7. The van der Waals surface area contributed by atoms with E-state index in [1.165, 1.54) is 86.2 Å². The van der Waals surface area contributed by atoms with Gasteiger partial charge in [0.25, 0.3) is 0 Å². The van der Waals surface area contributed by atoms with Gasteiger partial charge in [-0.05, 0) is 0 Å². The predicted molar refractivity (Wildman–Crippen MR) is 214 cm³/mol. The molecule has 6 aromatic carbocycles. The summed E-state index contributed by atoms with van der Waals surface area (Å²) in [6.45, 7) is 16.1. The van der Waals surface area contributed by atoms with Crippen LogP contribution in [0.25, 0.3) is 33.4 Å². The summed E-state index contributed by atoms with van der Waals surface area (Å²) in [6, 6.07) is 55.7. The quantitative estimate of drug-likeness (QED) is 0.172. The number of benzene rings is 6. The molecule has 0 aromatic heterocycles. The van der Waals surface area contributed by atoms with E-state index < -0.39 is 8.07 Å². The van der Waals surface area contributed by atoms with Gasteiger partial charge >= 0.3 is 314 Å². The van der Waals surface area contributed by atoms with Crippen molar-refractivity contribution in [3.05, 3.63) is 183 Å². The zero-order valence-electron chi connectivity index (χ0n) is 31.5. The fraction of sp³-hybridized carbons (Fsp3) is 0.167. The first kappa shape index (κ1) is 42.3. The molecule has 1 aliphatic carbocycles. The molecule has 0 saturated carbocycles. The van der Waals surface area contributed by atoms with Crippen molar-refractivity contribution in [3.63, 3.8) is 0 Å². The Morgan fingerprint density at radius 1 is 0.396 bits per heavy atom. The maximum absolute atomic E-state index is 2.97. The van der Waals surface area contributed by atoms with Gasteiger partial charge in [-0.15, -0.1) is 0 Å². The first-order chi connectivity index (χ1) is 24.0. The Morgan fingerprint density at radius 3 is 0.962 bits per heavy atom. The molecular weight excluding hydrogens is 759 g/mol. The SMILES string of the molecule is CC1=C(C)C(C)([Si](c2cccc(-c3ccc(C)cc3)c2)(c2cccc(-c3ccc(C)cc3)c2)c2cccc(-c3ccc(C)cc3)c2)[C]([Ti+3])=C1C.[Cl-].[Cl-].[Cl-]. The molecule has 0 spiro atoms. The van der Waals surface area contributed by atoms with Gasteiger partial charge in [-0.2, -0.15) is 0 Å². The summed E-state index contributed by atoms with van der Waals surface area (Å²) in [4.78, 5) is 0. The Hall–Kier alpha value is -3.40. The van der Waals surface area contributed by atoms with Crippen molar-refractivity contribution in [1.29, 1.82) is 0 Å². The van der Waals surface area contributed by atoms with Crippen LogP contribution >= 0.6 is 0 Å². The van der Waals surface area contributed by atoms with E-state index in [1.54, 1.807) is 0 Å². The van der Waals surface area contributed by atoms with E-state index in [0.717, 1.165) is 0 Å². The molecule has 5 heteroatoms. The average Bonchev–Trinajstić information content (AvgIpc) is 3.29. The van der Waals surface area contributed by atoms with E-state index in [2.05, 4.69) is 214 Å². The molecule has 0 N–H and O–H groups in total. The predicted octanol–water partition coefficient (Wildman–Crippen LogP) is 2.03. The Kier molecular flexibility index (Phi) is 13.5. The Labute approximate surface area is 348 Å². The normalized spacial score (nSPS) is 15.4. The molecule has 1 unspecified atom stereocenters. The fourth-order valence-corrected chi connectivity index (χ4v) is 15.9. The monoisotopic (exact) mass is 802 g/mol. The van der Waals surface area contributed by atoms with E-state index >= 15 is 0 Å². The van der Waals surface area contributed by atoms with Gasteiger partial charge in [0.05, 0.1) is 0 Å². The molecule has 0 fully saturated rings. The smallest absolute Gasteiger partial charge is 1.00 e. The molecule has 266 valence electrons. The van der Waals surface area contributed by atoms with Crippen LogP contribution < -0.4 is 52.8 Å². The molecule has 0 heterocycles. The standard InChI is InChI=1S/C48H45Si.3ClH.Ti/c1-33-17-23-39(24-18-33)42-11-8-14-45(29-42)49(48(7)32-36(4)37(5)38(48)6,46-15-9-12-43(30-46)40-25-19-34(2)20-26-40)47-16-10-13-44(31-47)41-27-21-35(3)22-28-41;;;;/h8-31H,1-7H3;3*1H;/q;;;;+3/p-3. The summed E-state index contributed by atoms with van der Waals surface area (Å²) in [7, 11) is -2.97. The molecule has 0 amide bonds. The summed E-state index contributed by atoms with van der Waals surface area (Å²) in [6.07, 6.45) is 0. The maximum atomic E-state index is 2.57. The van der Waals surface area contributed by atoms with Gasteiger partial charge in [-0.25, -0.2) is 0 Å². The van der Waals surface area contributed by atoms with E-state index in [0.29, 0.717) is 0 Å². The molecule has 0 bridgehead atoms. The van der Waals surface area contributed by atoms with Gasteiger partial charge in [0.1, 0.15) is 0 Å². The molecule has 0 nitrogen and oxygen atoms in total. The van der Waals surface area contributed by atoms with Crippen molar-refractivity contribution in [2.75, 3.05) is 0 Å². The molecule has 7 rings (SSSR count). The van der Waals surface area contributed by atoms with Crippen molar-refractivity contribution in [3.8, 4) is 33.4 Å². The minimum Gasteiger partial charge on any atom is -1.00 e. The van der Waals surface area contributed by atoms with Crippen LogP contribution in [0.2, 0.25) is 5.04 Å². The summed E-state index contributed by atoms with van der Waals surface area (Å²) in [5.74, 6) is 0. The topological polar surface area (TPSA) is 0 Å². The van der Waals surface area contributed by atoms with Crippen LogP contribution in [0, 0.1) is 20.8 Å². The Balaban J connectivity index is 0.00000209. The first-order valence-corrected chi connectivity index (χ1v) is 20.5. The molecule has 1 aliphatic rings. The van der Waals surface area contributed by atoms with Crippen molar-refractivity contribution in [2.45, 2.75) is 53.5 Å². The van der Waals surface area contributed by atoms with E-state index in [1.807, 2.05) is 0 Å². The fourth-order valence-electron chi connectivity index (χ4n) is 8.28. The molecule has 53 heavy (non-hydrogen) atoms. The molecule has 0 aliphatic heterocycles. The summed E-state index contributed by atoms with van der Waals surface area (Å²) < 4.78 is 1.49. The first-order valence-electron chi connectivity index (χ1n) is 17.7. The van der Waals surface area contributed by atoms with Crippen LogP contribution in [0.5, 0.6) is 0 Å². The number of hydrogen-bond acceptors (Lipinski definition) is 0. The van der Waals surface area contributed by atoms with Gasteiger partial charge in [-0.1, -0.05) is 0 Å². The minimum atomic E-state index is -2.97. The molecule has 1 atom stereocenters. The van der Waals surface area contributed by atoms with Crippen LogP contribution in [0.3, 0.4) is 0 Å². The number of aryl methyl sites for hydroxylation is 3. The number of halogens is 3. The molecule has 6 aromatic rings. The second kappa shape index (κ2) is 17.0. The van der Waals surface area contributed by atoms with Crippen molar-refractivity contribution < 1.29 is 57.7 Å². The van der Waals surface area contributed by atoms with Crippen molar-refractivity contribution in [2.24, 2.45) is 0 Å². The number of hydrogen-bond donors (Lipinski definition) is 0. The van der Waals surface area contributed by atoms with Gasteiger partial charge < -0.3 is 37.2 Å². The zero-order valence-corrected chi connectivity index (χ0v) is 36.3. The number of allylic oxidation sites excluding steroid dienone is 4. The van der Waals surface area contributed by atoms with Crippen molar-refractivity contribution in [1.82, 2.24) is 0 Å². The third-order valence-electron chi connectivity index (χ3n) is 11.5. The van der Waals surface area contributed by atoms with E-state index in [4.69, 9.17) is 0 Å². The summed E-state index contributed by atoms with van der Waals surface area (Å²) in [5, 5.41) is 4.08. The molecular formula is C48H45Cl3SiTi. The van der Waals surface area contributed by atoms with E-state index in [-0.39, 0.29) is 42.3 Å². The second-order valence-electron chi connectivity index (χ2n) is 14.5. The van der Waals surface area contributed by atoms with Crippen LogP contribution in [0.4, 0.5) is 0 Å². The van der Waals surface area contributed by atoms with Crippen LogP contribution in [-0.4, -0.2) is 8.07 Å². The van der Waals surface area contributed by atoms with Crippen LogP contribution in [-0.2, 0) is 20.4 Å². The maximum Gasteiger partial charge on any atom is -1.00 e. The minimum absolute atomic E-state index is 0. The van der Waals surface area contributed by atoms with Crippen LogP contribution in [0.15, 0.2) is 166 Å².